The normalized spacial score (nSPS) is 19.1. The average molecular weight is 371 g/mol. The first-order valence-electron chi connectivity index (χ1n) is 8.54. The average Bonchev–Trinajstić information content (AvgIpc) is 3.07. The molecular weight excluding hydrogens is 350 g/mol. The first-order valence-corrected chi connectivity index (χ1v) is 9.98. The zero-order valence-electron chi connectivity index (χ0n) is 14.8. The van der Waals surface area contributed by atoms with E-state index >= 15 is 0 Å². The second kappa shape index (κ2) is 6.46. The van der Waals surface area contributed by atoms with Crippen molar-refractivity contribution in [3.8, 4) is 0 Å². The van der Waals surface area contributed by atoms with Crippen molar-refractivity contribution in [3.05, 3.63) is 54.2 Å². The molecule has 2 aromatic heterocycles. The Kier molecular flexibility index (Phi) is 4.26. The number of aromatic nitrogens is 3. The number of nitrogens with zero attached hydrogens (tertiary/aromatic N) is 4. The van der Waals surface area contributed by atoms with Gasteiger partial charge in [-0.05, 0) is 18.6 Å². The molecule has 0 spiro atoms. The zero-order chi connectivity index (χ0) is 18.3. The molecule has 0 amide bonds. The van der Waals surface area contributed by atoms with E-state index in [1.54, 1.807) is 16.7 Å². The van der Waals surface area contributed by atoms with Crippen LogP contribution in [0, 0.1) is 6.92 Å². The molecule has 0 bridgehead atoms. The summed E-state index contributed by atoms with van der Waals surface area (Å²) in [6, 6.07) is 7.09. The number of fused-ring (bicyclic) bond motifs is 1. The number of nitrogens with one attached hydrogen (secondary N) is 1. The van der Waals surface area contributed by atoms with Crippen LogP contribution in [0.15, 0.2) is 47.8 Å². The number of benzene rings is 1. The fraction of sp³-hybridized carbons (Fsp3) is 0.333. The largest absolute Gasteiger partial charge is 0.337 e. The Morgan fingerprint density at radius 3 is 2.81 bits per heavy atom. The van der Waals surface area contributed by atoms with Crippen LogP contribution in [0.3, 0.4) is 0 Å². The summed E-state index contributed by atoms with van der Waals surface area (Å²) in [5, 5.41) is 4.10. The molecule has 26 heavy (non-hydrogen) atoms. The lowest BCUT2D eigenvalue weighted by atomic mass is 10.1. The molecule has 8 heteroatoms. The van der Waals surface area contributed by atoms with Crippen LogP contribution < -0.4 is 5.32 Å². The van der Waals surface area contributed by atoms with E-state index in [1.165, 1.54) is 0 Å². The minimum atomic E-state index is -3.73. The fourth-order valence-electron chi connectivity index (χ4n) is 3.55. The lowest BCUT2D eigenvalue weighted by Crippen LogP contribution is -2.49. The predicted octanol–water partition coefficient (Wildman–Crippen LogP) is 1.61. The molecule has 4 rings (SSSR count). The van der Waals surface area contributed by atoms with E-state index in [-0.39, 0.29) is 10.9 Å². The zero-order valence-corrected chi connectivity index (χ0v) is 15.6. The molecular formula is C18H21N5O2S. The smallest absolute Gasteiger partial charge is 0.246 e. The summed E-state index contributed by atoms with van der Waals surface area (Å²) >= 11 is 0. The summed E-state index contributed by atoms with van der Waals surface area (Å²) in [5.74, 6) is 0.728. The van der Waals surface area contributed by atoms with E-state index in [0.717, 1.165) is 11.2 Å². The van der Waals surface area contributed by atoms with Crippen LogP contribution in [0.2, 0.25) is 0 Å². The molecule has 136 valence electrons. The van der Waals surface area contributed by atoms with Gasteiger partial charge in [-0.1, -0.05) is 18.2 Å². The van der Waals surface area contributed by atoms with E-state index in [1.807, 2.05) is 49.0 Å². The second-order valence-electron chi connectivity index (χ2n) is 6.52. The third kappa shape index (κ3) is 2.70. The van der Waals surface area contributed by atoms with Crippen molar-refractivity contribution in [1.29, 1.82) is 0 Å². The number of sulfonamides is 1. The van der Waals surface area contributed by atoms with E-state index in [0.29, 0.717) is 30.7 Å². The number of piperazine rings is 1. The quantitative estimate of drug-likeness (QED) is 0.757. The summed E-state index contributed by atoms with van der Waals surface area (Å²) < 4.78 is 30.7. The highest BCUT2D eigenvalue weighted by molar-refractivity contribution is 7.89. The first kappa shape index (κ1) is 17.1. The number of hydrogen-bond donors (Lipinski definition) is 1. The maximum absolute atomic E-state index is 13.7. The van der Waals surface area contributed by atoms with Crippen molar-refractivity contribution in [2.45, 2.75) is 17.9 Å². The van der Waals surface area contributed by atoms with Crippen LogP contribution in [-0.2, 0) is 17.1 Å². The molecule has 1 aliphatic heterocycles. The van der Waals surface area contributed by atoms with Crippen LogP contribution in [0.25, 0.3) is 10.9 Å². The molecule has 1 N–H and O–H groups in total. The predicted molar refractivity (Wildman–Crippen MR) is 99.2 cm³/mol. The second-order valence-corrected chi connectivity index (χ2v) is 8.35. The molecule has 0 saturated carbocycles. The maximum atomic E-state index is 13.7. The Hall–Kier alpha value is -2.29. The molecule has 1 saturated heterocycles. The minimum absolute atomic E-state index is 0.289. The van der Waals surface area contributed by atoms with Crippen molar-refractivity contribution >= 4 is 20.9 Å². The van der Waals surface area contributed by atoms with E-state index in [9.17, 15) is 8.42 Å². The van der Waals surface area contributed by atoms with Gasteiger partial charge in [0.05, 0.1) is 11.6 Å². The molecule has 7 nitrogen and oxygen atoms in total. The third-order valence-electron chi connectivity index (χ3n) is 4.84. The van der Waals surface area contributed by atoms with Gasteiger partial charge in [0.1, 0.15) is 10.7 Å². The fourth-order valence-corrected chi connectivity index (χ4v) is 5.51. The Morgan fingerprint density at radius 1 is 1.19 bits per heavy atom. The van der Waals surface area contributed by atoms with Gasteiger partial charge in [-0.2, -0.15) is 4.31 Å². The third-order valence-corrected chi connectivity index (χ3v) is 6.93. The van der Waals surface area contributed by atoms with Gasteiger partial charge < -0.3 is 9.88 Å². The highest BCUT2D eigenvalue weighted by Gasteiger charge is 2.38. The standard InChI is InChI=1S/C18H21N5O2S/c1-13-5-6-14-4-3-7-20-16(14)17(13)26(24,25)23-11-8-19-12-15(23)18-21-9-10-22(18)2/h3-7,9-10,15,19H,8,11-12H2,1-2H3. The molecule has 1 unspecified atom stereocenters. The molecule has 3 aromatic rings. The van der Waals surface area contributed by atoms with E-state index < -0.39 is 10.0 Å². The molecule has 0 aliphatic carbocycles. The molecule has 1 atom stereocenters. The van der Waals surface area contributed by atoms with Crippen molar-refractivity contribution in [2.24, 2.45) is 7.05 Å². The molecule has 1 aliphatic rings. The highest BCUT2D eigenvalue weighted by Crippen LogP contribution is 2.32. The van der Waals surface area contributed by atoms with Gasteiger partial charge in [0, 0.05) is 50.7 Å². The highest BCUT2D eigenvalue weighted by atomic mass is 32.2. The number of rotatable bonds is 3. The minimum Gasteiger partial charge on any atom is -0.337 e. The number of imidazole rings is 1. The summed E-state index contributed by atoms with van der Waals surface area (Å²) in [6.45, 7) is 3.35. The van der Waals surface area contributed by atoms with Crippen LogP contribution in [0.4, 0.5) is 0 Å². The Bertz CT molecular complexity index is 1060. The SMILES string of the molecule is Cc1ccc2cccnc2c1S(=O)(=O)N1CCNCC1c1nccn1C. The monoisotopic (exact) mass is 371 g/mol. The number of aryl methyl sites for hydroxylation is 2. The maximum Gasteiger partial charge on any atom is 0.246 e. The van der Waals surface area contributed by atoms with Gasteiger partial charge in [-0.25, -0.2) is 13.4 Å². The number of pyridine rings is 1. The van der Waals surface area contributed by atoms with Gasteiger partial charge in [-0.15, -0.1) is 0 Å². The van der Waals surface area contributed by atoms with Crippen LogP contribution in [-0.4, -0.2) is 46.9 Å². The Balaban J connectivity index is 1.88. The van der Waals surface area contributed by atoms with Crippen molar-refractivity contribution in [3.63, 3.8) is 0 Å². The van der Waals surface area contributed by atoms with Crippen molar-refractivity contribution in [1.82, 2.24) is 24.2 Å². The Labute approximate surface area is 152 Å². The molecule has 1 fully saturated rings. The number of hydrogen-bond acceptors (Lipinski definition) is 5. The molecule has 3 heterocycles. The van der Waals surface area contributed by atoms with Crippen LogP contribution >= 0.6 is 0 Å². The topological polar surface area (TPSA) is 80.1 Å². The van der Waals surface area contributed by atoms with E-state index in [4.69, 9.17) is 0 Å². The van der Waals surface area contributed by atoms with Crippen LogP contribution in [0.1, 0.15) is 17.4 Å². The molecule has 1 aromatic carbocycles. The van der Waals surface area contributed by atoms with Gasteiger partial charge in [0.25, 0.3) is 0 Å². The van der Waals surface area contributed by atoms with Gasteiger partial charge >= 0.3 is 0 Å². The van der Waals surface area contributed by atoms with Crippen molar-refractivity contribution < 1.29 is 8.42 Å². The van der Waals surface area contributed by atoms with Crippen molar-refractivity contribution in [2.75, 3.05) is 19.6 Å². The summed E-state index contributed by atoms with van der Waals surface area (Å²) in [7, 11) is -1.85. The molecule has 0 radical (unpaired) electrons. The van der Waals surface area contributed by atoms with Gasteiger partial charge in [0.2, 0.25) is 10.0 Å². The summed E-state index contributed by atoms with van der Waals surface area (Å²) in [4.78, 5) is 9.04. The first-order chi connectivity index (χ1) is 12.5. The van der Waals surface area contributed by atoms with E-state index in [2.05, 4.69) is 15.3 Å². The summed E-state index contributed by atoms with van der Waals surface area (Å²) in [6.07, 6.45) is 5.16. The lowest BCUT2D eigenvalue weighted by Gasteiger charge is -2.35. The summed E-state index contributed by atoms with van der Waals surface area (Å²) in [5.41, 5.74) is 1.22. The Morgan fingerprint density at radius 2 is 2.04 bits per heavy atom. The van der Waals surface area contributed by atoms with Crippen LogP contribution in [0.5, 0.6) is 0 Å². The lowest BCUT2D eigenvalue weighted by molar-refractivity contribution is 0.258. The van der Waals surface area contributed by atoms with Gasteiger partial charge in [-0.3, -0.25) is 4.98 Å². The van der Waals surface area contributed by atoms with Gasteiger partial charge in [0.15, 0.2) is 0 Å².